The van der Waals surface area contributed by atoms with E-state index in [0.29, 0.717) is 56.5 Å². The number of ketones is 2. The molecule has 17 nitrogen and oxygen atoms in total. The molecule has 2 unspecified atom stereocenters. The molecule has 0 saturated carbocycles. The van der Waals surface area contributed by atoms with E-state index in [1.165, 1.54) is 4.90 Å². The van der Waals surface area contributed by atoms with Gasteiger partial charge in [-0.2, -0.15) is 0 Å². The number of anilines is 2. The number of benzene rings is 12. The van der Waals surface area contributed by atoms with Gasteiger partial charge in [-0.05, 0) is 241 Å². The molecule has 0 spiro atoms. The third-order valence-electron chi connectivity index (χ3n) is 17.3. The summed E-state index contributed by atoms with van der Waals surface area (Å²) >= 11 is 5.22. The van der Waals surface area contributed by atoms with Crippen LogP contribution in [0.5, 0.6) is 51.7 Å². The summed E-state index contributed by atoms with van der Waals surface area (Å²) in [6, 6.07) is 93.7. The van der Waals surface area contributed by atoms with Gasteiger partial charge in [0.05, 0.1) is 75.1 Å². The first kappa shape index (κ1) is 88.2. The molecule has 1 N–H and O–H groups in total. The molecule has 1 heterocycles. The number of aromatic nitrogens is 1. The van der Waals surface area contributed by atoms with Gasteiger partial charge in [0.25, 0.3) is 16.8 Å². The molecule has 12 aromatic carbocycles. The molecule has 0 saturated heterocycles. The van der Waals surface area contributed by atoms with Crippen LogP contribution >= 0.6 is 19.4 Å². The average molecular weight is 1630 g/mol. The number of oxazole rings is 1. The van der Waals surface area contributed by atoms with Crippen molar-refractivity contribution in [3.63, 3.8) is 0 Å². The third kappa shape index (κ3) is 25.3. The molecule has 13 rings (SSSR count). The van der Waals surface area contributed by atoms with Crippen LogP contribution in [0.15, 0.2) is 314 Å². The Kier molecular flexibility index (Phi) is 30.7. The first-order valence-electron chi connectivity index (χ1n) is 35.1. The molecule has 1 aromatic heterocycles. The summed E-state index contributed by atoms with van der Waals surface area (Å²) in [7, 11) is 3.85. The van der Waals surface area contributed by atoms with Crippen LogP contribution < -0.4 is 57.4 Å². The zero-order valence-corrected chi connectivity index (χ0v) is 65.5. The number of amides is 1. The summed E-state index contributed by atoms with van der Waals surface area (Å²) in [4.78, 5) is 53.3. The van der Waals surface area contributed by atoms with Gasteiger partial charge in [0.15, 0.2) is 11.6 Å². The fraction of sp³-hybridized carbons (Fsp3) is 0.132. The van der Waals surface area contributed by atoms with E-state index < -0.39 is 25.1 Å². The van der Waals surface area contributed by atoms with Crippen LogP contribution in [0.1, 0.15) is 72.1 Å². The quantitative estimate of drug-likeness (QED) is 0.0187. The van der Waals surface area contributed by atoms with Gasteiger partial charge >= 0.3 is 38.9 Å². The molecule has 0 aliphatic carbocycles. The number of rotatable bonds is 25. The summed E-state index contributed by atoms with van der Waals surface area (Å²) in [5.41, 5.74) is 9.81. The molecule has 0 fully saturated rings. The van der Waals surface area contributed by atoms with Crippen molar-refractivity contribution in [2.24, 2.45) is 0 Å². The van der Waals surface area contributed by atoms with Crippen LogP contribution in [0.4, 0.5) is 36.6 Å². The maximum absolute atomic E-state index is 14.1. The molecule has 13 aromatic rings. The first-order valence-corrected chi connectivity index (χ1v) is 37.5. The number of para-hydroxylation sites is 3. The second kappa shape index (κ2) is 40.4. The van der Waals surface area contributed by atoms with Crippen molar-refractivity contribution < 1.29 is 96.0 Å². The van der Waals surface area contributed by atoms with Gasteiger partial charge < -0.3 is 52.4 Å². The average Bonchev–Trinajstić information content (AvgIpc) is 1.57. The number of methoxy groups -OCH3 is 9. The van der Waals surface area contributed by atoms with Crippen molar-refractivity contribution >= 4 is 53.5 Å². The maximum atomic E-state index is 14.1. The van der Waals surface area contributed by atoms with Crippen molar-refractivity contribution in [1.29, 1.82) is 0 Å². The predicted molar refractivity (Wildman–Crippen MR) is 442 cm³/mol. The number of carbonyl (C=O) groups is 4. The Balaban J connectivity index is 0.000000197. The molecule has 602 valence electrons. The van der Waals surface area contributed by atoms with E-state index in [1.807, 2.05) is 188 Å². The van der Waals surface area contributed by atoms with Gasteiger partial charge in [-0.15, -0.1) is 4.57 Å². The van der Waals surface area contributed by atoms with E-state index in [4.69, 9.17) is 58.6 Å². The van der Waals surface area contributed by atoms with Crippen molar-refractivity contribution in [3.05, 3.63) is 343 Å². The van der Waals surface area contributed by atoms with Gasteiger partial charge in [-0.25, -0.2) is 0 Å². The standard InChI is InChI=1S/C30H27NO5.C30H26NO4.C22H21NO3.C8H7ClO2.CH4.F6P/c1-34-25-15-9-21(10-16-25)28(29(32)22-11-17-26(35-2)18-12-22)31(24-7-5-4-6-8-24)30(33)23-13-19-27(36-3)20-14-23;1-32-25-15-9-21(10-16-25)28-29(22-11-17-26(33-2)18-12-22)35-30(23-13-19-27(34-3)20-14-23)31(28)24-7-5-4-6-8-24;1-25-19-12-8-16(9-13-19)21(23-18-6-4-3-5-7-18)22(24)17-10-14-20(26-2)15-11-17;1-11-7-4-2-6(3-5-7)8(9)10;;1-7(2,3,4,5)6/h4-20,28H,1-3H3;4-20H,1-3H3;3-15,21,23H,1-2H3;2-5H,1H3;1H4;/q;+1;;;;-1. The molecule has 0 aliphatic rings. The van der Waals surface area contributed by atoms with Crippen LogP contribution in [-0.2, 0) is 0 Å². The number of hydrogen-bond donors (Lipinski definition) is 1. The zero-order valence-electron chi connectivity index (χ0n) is 63.8. The topological polar surface area (TPSA) is 184 Å². The van der Waals surface area contributed by atoms with E-state index in [9.17, 15) is 44.4 Å². The van der Waals surface area contributed by atoms with Crippen LogP contribution in [-0.4, -0.2) is 86.7 Å². The molecule has 1 amide bonds. The molecule has 0 bridgehead atoms. The number of nitrogens with one attached hydrogen (secondary N) is 1. The Morgan fingerprint density at radius 1 is 0.362 bits per heavy atom. The van der Waals surface area contributed by atoms with Crippen molar-refractivity contribution in [2.75, 3.05) is 74.2 Å². The third-order valence-corrected chi connectivity index (χ3v) is 17.5. The van der Waals surface area contributed by atoms with Crippen LogP contribution in [0.3, 0.4) is 0 Å². The number of Topliss-reactive ketones (excluding diaryl/α,β-unsaturated/α-hetero) is 2. The summed E-state index contributed by atoms with van der Waals surface area (Å²) in [6.07, 6.45) is 0. The summed E-state index contributed by atoms with van der Waals surface area (Å²) < 4.78 is 115. The number of hydrogen-bond acceptors (Lipinski definition) is 15. The Bertz CT molecular complexity index is 5270. The molecular weight excluding hydrogens is 1540 g/mol. The number of nitrogens with zero attached hydrogens (tertiary/aromatic N) is 2. The summed E-state index contributed by atoms with van der Waals surface area (Å²) in [5.74, 6) is 7.42. The minimum absolute atomic E-state index is 0. The van der Waals surface area contributed by atoms with Gasteiger partial charge in [-0.3, -0.25) is 24.1 Å². The zero-order chi connectivity index (χ0) is 82.7. The molecule has 116 heavy (non-hydrogen) atoms. The first-order chi connectivity index (χ1) is 55.2. The van der Waals surface area contributed by atoms with Crippen molar-refractivity contribution in [1.82, 2.24) is 0 Å². The van der Waals surface area contributed by atoms with E-state index >= 15 is 0 Å². The normalized spacial score (nSPS) is 11.6. The van der Waals surface area contributed by atoms with Crippen LogP contribution in [0, 0.1) is 0 Å². The molecule has 0 radical (unpaired) electrons. The van der Waals surface area contributed by atoms with Gasteiger partial charge in [0.2, 0.25) is 11.4 Å². The summed E-state index contributed by atoms with van der Waals surface area (Å²) in [6.45, 7) is 0. The Labute approximate surface area is 673 Å². The van der Waals surface area contributed by atoms with Gasteiger partial charge in [0, 0.05) is 51.3 Å². The van der Waals surface area contributed by atoms with E-state index in [1.54, 1.807) is 173 Å². The molecule has 0 aliphatic heterocycles. The van der Waals surface area contributed by atoms with Crippen LogP contribution in [0.2, 0.25) is 0 Å². The summed E-state index contributed by atoms with van der Waals surface area (Å²) in [5, 5.41) is 2.89. The number of halogens is 7. The fourth-order valence-electron chi connectivity index (χ4n) is 11.5. The molecule has 2 atom stereocenters. The minimum atomic E-state index is -10.7. The van der Waals surface area contributed by atoms with E-state index in [0.717, 1.165) is 79.7 Å². The predicted octanol–water partition coefficient (Wildman–Crippen LogP) is 23.4. The van der Waals surface area contributed by atoms with Gasteiger partial charge in [0.1, 0.15) is 63.8 Å². The Morgan fingerprint density at radius 2 is 0.664 bits per heavy atom. The fourth-order valence-corrected chi connectivity index (χ4v) is 11.6. The van der Waals surface area contributed by atoms with Gasteiger partial charge in [-0.1, -0.05) is 86.3 Å². The van der Waals surface area contributed by atoms with Crippen molar-refractivity contribution in [3.8, 4) is 91.5 Å². The second-order valence-corrected chi connectivity index (χ2v) is 27.0. The van der Waals surface area contributed by atoms with Crippen molar-refractivity contribution in [2.45, 2.75) is 19.5 Å². The Hall–Kier alpha value is -13.4. The molecule has 25 heteroatoms. The monoisotopic (exact) mass is 1620 g/mol. The number of ether oxygens (including phenoxy) is 9. The Morgan fingerprint density at radius 3 is 1.03 bits per heavy atom. The van der Waals surface area contributed by atoms with Crippen LogP contribution in [0.25, 0.3) is 39.7 Å². The van der Waals surface area contributed by atoms with E-state index in [-0.39, 0.29) is 24.9 Å². The SMILES string of the molecule is C.COc1ccc(-c2oc(-c3ccc(OC)cc3)[n+](-c3ccccc3)c2-c2ccc(OC)cc2)cc1.COc1ccc(C(=O)C(Nc2ccccc2)c2ccc(OC)cc2)cc1.COc1ccc(C(=O)C(c2ccc(OC)cc2)N(C(=O)c2ccc(OC)cc2)c2ccccc2)cc1.COc1ccc(C(=O)Cl)cc1.F[P-](F)(F)(F)(F)F. The number of carbonyl (C=O) groups excluding carboxylic acids is 4. The molecular formula is C91H85ClF6N3O14P. The van der Waals surface area contributed by atoms with E-state index in [2.05, 4.69) is 22.0 Å². The second-order valence-electron chi connectivity index (χ2n) is 24.7.